The Morgan fingerprint density at radius 2 is 1.85 bits per heavy atom. The number of nitriles is 1. The van der Waals surface area contributed by atoms with Crippen molar-refractivity contribution in [2.45, 2.75) is 24.9 Å². The maximum absolute atomic E-state index is 13.8. The van der Waals surface area contributed by atoms with E-state index in [2.05, 4.69) is 47.0 Å². The Bertz CT molecular complexity index is 818. The first-order valence-electron chi connectivity index (χ1n) is 7.84. The van der Waals surface area contributed by atoms with Crippen molar-refractivity contribution >= 4 is 41.7 Å². The van der Waals surface area contributed by atoms with Crippen LogP contribution in [0.1, 0.15) is 22.3 Å². The zero-order valence-electron chi connectivity index (χ0n) is 15.0. The van der Waals surface area contributed by atoms with Crippen LogP contribution in [0.15, 0.2) is 46.3 Å². The smallest absolute Gasteiger partial charge is 0.191 e. The third-order valence-electron chi connectivity index (χ3n) is 3.73. The second kappa shape index (κ2) is 11.0. The fraction of sp³-hybridized carbons (Fsp3) is 0.263. The first-order chi connectivity index (χ1) is 12.1. The van der Waals surface area contributed by atoms with Gasteiger partial charge in [0.05, 0.1) is 11.6 Å². The number of nitrogens with zero attached hydrogens (tertiary/aromatic N) is 2. The second-order valence-corrected chi connectivity index (χ2v) is 6.36. The topological polar surface area (TPSA) is 60.2 Å². The lowest BCUT2D eigenvalue weighted by atomic mass is 10.1. The Balaban J connectivity index is 0.00000338. The molecule has 0 unspecified atom stereocenters. The van der Waals surface area contributed by atoms with E-state index < -0.39 is 0 Å². The quantitative estimate of drug-likeness (QED) is 0.289. The summed E-state index contributed by atoms with van der Waals surface area (Å²) in [5.41, 5.74) is 3.27. The van der Waals surface area contributed by atoms with Crippen LogP contribution in [0.25, 0.3) is 0 Å². The number of rotatable bonds is 5. The summed E-state index contributed by atoms with van der Waals surface area (Å²) in [7, 11) is 1.67. The Morgan fingerprint density at radius 3 is 2.46 bits per heavy atom. The SMILES string of the molecule is CN=C(NCc1cc(C#N)ccc1F)NCc1ccc(C)cc1SC.I. The zero-order chi connectivity index (χ0) is 18.2. The van der Waals surface area contributed by atoms with Crippen molar-refractivity contribution in [3.05, 3.63) is 64.5 Å². The molecule has 0 aliphatic heterocycles. The van der Waals surface area contributed by atoms with Crippen LogP contribution in [0.5, 0.6) is 0 Å². The molecule has 138 valence electrons. The normalized spacial score (nSPS) is 10.7. The minimum atomic E-state index is -0.342. The summed E-state index contributed by atoms with van der Waals surface area (Å²) < 4.78 is 13.8. The highest BCUT2D eigenvalue weighted by molar-refractivity contribution is 14.0. The number of benzene rings is 2. The lowest BCUT2D eigenvalue weighted by molar-refractivity contribution is 0.604. The average molecular weight is 484 g/mol. The molecule has 0 aliphatic carbocycles. The van der Waals surface area contributed by atoms with Gasteiger partial charge in [-0.05, 0) is 48.6 Å². The molecule has 0 heterocycles. The number of hydrogen-bond acceptors (Lipinski definition) is 3. The molecule has 2 rings (SSSR count). The Labute approximate surface area is 175 Å². The molecule has 4 nitrogen and oxygen atoms in total. The van der Waals surface area contributed by atoms with E-state index in [1.165, 1.54) is 28.2 Å². The lowest BCUT2D eigenvalue weighted by Crippen LogP contribution is -2.36. The van der Waals surface area contributed by atoms with Crippen LogP contribution in [0.2, 0.25) is 0 Å². The number of nitrogens with one attached hydrogen (secondary N) is 2. The summed E-state index contributed by atoms with van der Waals surface area (Å²) in [6, 6.07) is 12.7. The van der Waals surface area contributed by atoms with Crippen molar-refractivity contribution in [2.24, 2.45) is 4.99 Å². The summed E-state index contributed by atoms with van der Waals surface area (Å²) in [4.78, 5) is 5.38. The van der Waals surface area contributed by atoms with Crippen LogP contribution < -0.4 is 10.6 Å². The predicted molar refractivity (Wildman–Crippen MR) is 117 cm³/mol. The number of hydrogen-bond donors (Lipinski definition) is 2. The largest absolute Gasteiger partial charge is 0.352 e. The van der Waals surface area contributed by atoms with E-state index in [0.29, 0.717) is 23.6 Å². The van der Waals surface area contributed by atoms with Crippen LogP contribution in [0, 0.1) is 24.1 Å². The molecule has 0 aromatic heterocycles. The standard InChI is InChI=1S/C19H21FN4S.HI/c1-13-4-6-15(18(8-13)25-3)11-23-19(22-2)24-12-16-9-14(10-21)5-7-17(16)20;/h4-9H,11-12H2,1-3H3,(H2,22,23,24);1H. The van der Waals surface area contributed by atoms with E-state index >= 15 is 0 Å². The molecule has 0 saturated carbocycles. The predicted octanol–water partition coefficient (Wildman–Crippen LogP) is 4.21. The zero-order valence-corrected chi connectivity index (χ0v) is 18.1. The van der Waals surface area contributed by atoms with Gasteiger partial charge in [-0.15, -0.1) is 35.7 Å². The molecule has 0 spiro atoms. The van der Waals surface area contributed by atoms with Gasteiger partial charge >= 0.3 is 0 Å². The molecule has 2 N–H and O–H groups in total. The van der Waals surface area contributed by atoms with Crippen LogP contribution in [0.4, 0.5) is 4.39 Å². The van der Waals surface area contributed by atoms with Crippen molar-refractivity contribution in [3.63, 3.8) is 0 Å². The van der Waals surface area contributed by atoms with Gasteiger partial charge in [0.1, 0.15) is 5.82 Å². The molecule has 0 radical (unpaired) electrons. The third kappa shape index (κ3) is 6.18. The van der Waals surface area contributed by atoms with E-state index in [-0.39, 0.29) is 36.3 Å². The molecule has 0 amide bonds. The molecular weight excluding hydrogens is 462 g/mol. The number of aryl methyl sites for hydroxylation is 1. The summed E-state index contributed by atoms with van der Waals surface area (Å²) >= 11 is 1.70. The van der Waals surface area contributed by atoms with Gasteiger partial charge in [0, 0.05) is 30.6 Å². The highest BCUT2D eigenvalue weighted by atomic mass is 127. The second-order valence-electron chi connectivity index (χ2n) is 5.51. The van der Waals surface area contributed by atoms with E-state index in [1.807, 2.05) is 6.07 Å². The van der Waals surface area contributed by atoms with Crippen molar-refractivity contribution in [1.29, 1.82) is 5.26 Å². The highest BCUT2D eigenvalue weighted by Gasteiger charge is 2.07. The lowest BCUT2D eigenvalue weighted by Gasteiger charge is -2.14. The Morgan fingerprint density at radius 1 is 1.15 bits per heavy atom. The van der Waals surface area contributed by atoms with Crippen molar-refractivity contribution in [3.8, 4) is 6.07 Å². The van der Waals surface area contributed by atoms with Gasteiger partial charge in [-0.1, -0.05) is 12.1 Å². The summed E-state index contributed by atoms with van der Waals surface area (Å²) in [5.74, 6) is 0.236. The van der Waals surface area contributed by atoms with E-state index in [9.17, 15) is 4.39 Å². The van der Waals surface area contributed by atoms with Crippen molar-refractivity contribution < 1.29 is 4.39 Å². The van der Waals surface area contributed by atoms with Gasteiger partial charge in [0.2, 0.25) is 0 Å². The van der Waals surface area contributed by atoms with Gasteiger partial charge in [0.25, 0.3) is 0 Å². The molecule has 0 aliphatic rings. The van der Waals surface area contributed by atoms with E-state index in [0.717, 1.165) is 0 Å². The first kappa shape index (κ1) is 22.3. The molecule has 2 aromatic rings. The molecule has 0 bridgehead atoms. The van der Waals surface area contributed by atoms with Gasteiger partial charge in [-0.2, -0.15) is 5.26 Å². The van der Waals surface area contributed by atoms with Crippen LogP contribution >= 0.6 is 35.7 Å². The minimum absolute atomic E-state index is 0. The van der Waals surface area contributed by atoms with Crippen molar-refractivity contribution in [2.75, 3.05) is 13.3 Å². The maximum atomic E-state index is 13.8. The molecule has 0 atom stereocenters. The molecule has 2 aromatic carbocycles. The Hall–Kier alpha value is -1.79. The molecule has 0 fully saturated rings. The molecule has 7 heteroatoms. The summed E-state index contributed by atoms with van der Waals surface area (Å²) in [6.45, 7) is 2.95. The summed E-state index contributed by atoms with van der Waals surface area (Å²) in [6.07, 6.45) is 2.05. The first-order valence-corrected chi connectivity index (χ1v) is 9.06. The fourth-order valence-corrected chi connectivity index (χ4v) is 3.06. The molecular formula is C19H22FIN4S. The van der Waals surface area contributed by atoms with Gasteiger partial charge < -0.3 is 10.6 Å². The number of guanidine groups is 1. The fourth-order valence-electron chi connectivity index (χ4n) is 2.36. The summed E-state index contributed by atoms with van der Waals surface area (Å²) in [5, 5.41) is 15.2. The van der Waals surface area contributed by atoms with Gasteiger partial charge in [-0.25, -0.2) is 4.39 Å². The highest BCUT2D eigenvalue weighted by Crippen LogP contribution is 2.21. The number of halogens is 2. The molecule has 26 heavy (non-hydrogen) atoms. The average Bonchev–Trinajstić information content (AvgIpc) is 2.63. The Kier molecular flexibility index (Phi) is 9.44. The van der Waals surface area contributed by atoms with Crippen LogP contribution in [0.3, 0.4) is 0 Å². The van der Waals surface area contributed by atoms with Gasteiger partial charge in [-0.3, -0.25) is 4.99 Å². The number of aliphatic imine (C=N–C) groups is 1. The van der Waals surface area contributed by atoms with Crippen molar-refractivity contribution in [1.82, 2.24) is 10.6 Å². The number of thioether (sulfide) groups is 1. The van der Waals surface area contributed by atoms with E-state index in [1.54, 1.807) is 24.9 Å². The van der Waals surface area contributed by atoms with Gasteiger partial charge in [0.15, 0.2) is 5.96 Å². The van der Waals surface area contributed by atoms with Crippen LogP contribution in [-0.2, 0) is 13.1 Å². The minimum Gasteiger partial charge on any atom is -0.352 e. The maximum Gasteiger partial charge on any atom is 0.191 e. The third-order valence-corrected chi connectivity index (χ3v) is 4.55. The van der Waals surface area contributed by atoms with E-state index in [4.69, 9.17) is 5.26 Å². The molecule has 0 saturated heterocycles. The monoisotopic (exact) mass is 484 g/mol. The van der Waals surface area contributed by atoms with Crippen LogP contribution in [-0.4, -0.2) is 19.3 Å².